The van der Waals surface area contributed by atoms with Gasteiger partial charge in [0.25, 0.3) is 5.91 Å². The summed E-state index contributed by atoms with van der Waals surface area (Å²) >= 11 is 0. The third-order valence-corrected chi connectivity index (χ3v) is 8.01. The van der Waals surface area contributed by atoms with Gasteiger partial charge in [-0.1, -0.05) is 6.07 Å². The lowest BCUT2D eigenvalue weighted by atomic mass is 9.84. The minimum absolute atomic E-state index is 0.141. The maximum absolute atomic E-state index is 13.0. The van der Waals surface area contributed by atoms with E-state index in [1.165, 1.54) is 5.69 Å². The molecule has 0 bridgehead atoms. The number of benzene rings is 2. The van der Waals surface area contributed by atoms with Gasteiger partial charge in [0, 0.05) is 48.6 Å². The van der Waals surface area contributed by atoms with Crippen molar-refractivity contribution in [1.82, 2.24) is 9.88 Å². The second kappa shape index (κ2) is 10.9. The fourth-order valence-electron chi connectivity index (χ4n) is 5.56. The molecule has 0 unspecified atom stereocenters. The van der Waals surface area contributed by atoms with Crippen LogP contribution in [0.2, 0.25) is 0 Å². The molecule has 1 aliphatic carbocycles. The zero-order chi connectivity index (χ0) is 26.0. The van der Waals surface area contributed by atoms with E-state index in [9.17, 15) is 9.90 Å². The zero-order valence-electron chi connectivity index (χ0n) is 22.2. The van der Waals surface area contributed by atoms with Crippen LogP contribution in [0.4, 0.5) is 5.69 Å². The summed E-state index contributed by atoms with van der Waals surface area (Å²) in [7, 11) is 2.08. The molecule has 3 aromatic rings. The minimum Gasteiger partial charge on any atom is -0.491 e. The molecule has 1 saturated carbocycles. The Kier molecular flexibility index (Phi) is 7.56. The summed E-state index contributed by atoms with van der Waals surface area (Å²) in [5, 5.41) is 18.1. The molecule has 3 N–H and O–H groups in total. The fraction of sp³-hybridized carbons (Fsp3) is 0.500. The largest absolute Gasteiger partial charge is 0.491 e. The Labute approximate surface area is 219 Å². The van der Waals surface area contributed by atoms with E-state index < -0.39 is 5.60 Å². The van der Waals surface area contributed by atoms with Crippen LogP contribution in [0.1, 0.15) is 67.1 Å². The summed E-state index contributed by atoms with van der Waals surface area (Å²) in [5.41, 5.74) is 4.26. The number of nitrogens with zero attached hydrogens (tertiary/aromatic N) is 1. The van der Waals surface area contributed by atoms with Crippen molar-refractivity contribution in [2.75, 3.05) is 18.5 Å². The number of aryl methyl sites for hydroxylation is 2. The van der Waals surface area contributed by atoms with Gasteiger partial charge in [-0.15, -0.1) is 0 Å². The van der Waals surface area contributed by atoms with E-state index in [4.69, 9.17) is 9.47 Å². The van der Waals surface area contributed by atoms with E-state index in [-0.39, 0.29) is 12.0 Å². The molecule has 0 spiro atoms. The summed E-state index contributed by atoms with van der Waals surface area (Å²) < 4.78 is 13.6. The van der Waals surface area contributed by atoms with E-state index in [1.54, 1.807) is 12.1 Å². The molecular formula is C30H39N3O4. The fourth-order valence-corrected chi connectivity index (χ4v) is 5.56. The van der Waals surface area contributed by atoms with Gasteiger partial charge in [0.15, 0.2) is 0 Å². The molecule has 0 radical (unpaired) electrons. The highest BCUT2D eigenvalue weighted by atomic mass is 16.5. The molecule has 1 aromatic heterocycles. The van der Waals surface area contributed by atoms with Gasteiger partial charge >= 0.3 is 0 Å². The molecule has 5 rings (SSSR count). The van der Waals surface area contributed by atoms with Gasteiger partial charge in [-0.2, -0.15) is 0 Å². The average Bonchev–Trinajstić information content (AvgIpc) is 3.52. The van der Waals surface area contributed by atoms with Crippen molar-refractivity contribution in [3.05, 3.63) is 59.3 Å². The molecule has 37 heavy (non-hydrogen) atoms. The number of carbonyl (C=O) groups is 1. The van der Waals surface area contributed by atoms with E-state index in [1.807, 2.05) is 25.1 Å². The quantitative estimate of drug-likeness (QED) is 0.398. The highest BCUT2D eigenvalue weighted by Gasteiger charge is 2.28. The van der Waals surface area contributed by atoms with Crippen LogP contribution in [0.3, 0.4) is 0 Å². The lowest BCUT2D eigenvalue weighted by Crippen LogP contribution is -2.39. The Hall–Kier alpha value is -2.87. The monoisotopic (exact) mass is 505 g/mol. The Balaban J connectivity index is 1.22. The molecule has 2 aromatic carbocycles. The zero-order valence-corrected chi connectivity index (χ0v) is 22.2. The van der Waals surface area contributed by atoms with Gasteiger partial charge in [-0.25, -0.2) is 0 Å². The summed E-state index contributed by atoms with van der Waals surface area (Å²) in [4.78, 5) is 13.0. The first kappa shape index (κ1) is 25.8. The van der Waals surface area contributed by atoms with E-state index >= 15 is 0 Å². The Morgan fingerprint density at radius 1 is 1.16 bits per heavy atom. The Morgan fingerprint density at radius 3 is 2.62 bits per heavy atom. The number of ether oxygens (including phenoxy) is 2. The van der Waals surface area contributed by atoms with Crippen LogP contribution in [0.5, 0.6) is 5.75 Å². The van der Waals surface area contributed by atoms with Crippen molar-refractivity contribution in [3.63, 3.8) is 0 Å². The third kappa shape index (κ3) is 6.00. The number of fused-ring (bicyclic) bond motifs is 1. The summed E-state index contributed by atoms with van der Waals surface area (Å²) in [5.74, 6) is 0.602. The van der Waals surface area contributed by atoms with Crippen LogP contribution < -0.4 is 15.4 Å². The number of rotatable bonds is 8. The second-order valence-electron chi connectivity index (χ2n) is 10.9. The van der Waals surface area contributed by atoms with E-state index in [2.05, 4.69) is 41.3 Å². The summed E-state index contributed by atoms with van der Waals surface area (Å²) in [6, 6.07) is 14.0. The average molecular weight is 506 g/mol. The predicted octanol–water partition coefficient (Wildman–Crippen LogP) is 5.08. The van der Waals surface area contributed by atoms with Gasteiger partial charge in [0.05, 0.1) is 17.2 Å². The Morgan fingerprint density at radius 2 is 1.92 bits per heavy atom. The molecule has 1 amide bonds. The van der Waals surface area contributed by atoms with Crippen LogP contribution in [0, 0.1) is 6.92 Å². The molecule has 7 nitrogen and oxygen atoms in total. The van der Waals surface area contributed by atoms with Crippen molar-refractivity contribution in [2.45, 2.75) is 76.7 Å². The number of carbonyl (C=O) groups excluding carboxylic acids is 1. The number of hydrogen-bond acceptors (Lipinski definition) is 5. The lowest BCUT2D eigenvalue weighted by Gasteiger charge is -2.33. The van der Waals surface area contributed by atoms with Gasteiger partial charge in [0.1, 0.15) is 12.4 Å². The van der Waals surface area contributed by atoms with Crippen molar-refractivity contribution >= 4 is 22.5 Å². The SMILES string of the molecule is Cc1c(NC(=O)c2ccc(OC[C@@H]3CCCO3)cc2)ccc2cc(CNC3CCC(C)(O)CC3)n(C)c12. The number of aliphatic hydroxyl groups is 1. The van der Waals surface area contributed by atoms with Crippen molar-refractivity contribution < 1.29 is 19.4 Å². The molecule has 198 valence electrons. The molecule has 2 fully saturated rings. The second-order valence-corrected chi connectivity index (χ2v) is 10.9. The maximum atomic E-state index is 13.0. The van der Waals surface area contributed by atoms with Crippen molar-refractivity contribution in [2.24, 2.45) is 7.05 Å². The first-order valence-electron chi connectivity index (χ1n) is 13.5. The molecule has 2 aliphatic rings. The Bertz CT molecular complexity index is 1230. The predicted molar refractivity (Wildman–Crippen MR) is 146 cm³/mol. The number of anilines is 1. The highest BCUT2D eigenvalue weighted by molar-refractivity contribution is 6.06. The summed E-state index contributed by atoms with van der Waals surface area (Å²) in [6.45, 7) is 6.12. The van der Waals surface area contributed by atoms with Crippen LogP contribution in [0.15, 0.2) is 42.5 Å². The topological polar surface area (TPSA) is 84.8 Å². The van der Waals surface area contributed by atoms with Crippen LogP contribution in [0.25, 0.3) is 10.9 Å². The summed E-state index contributed by atoms with van der Waals surface area (Å²) in [6.07, 6.45) is 5.96. The molecule has 2 heterocycles. The highest BCUT2D eigenvalue weighted by Crippen LogP contribution is 2.30. The number of hydrogen-bond donors (Lipinski definition) is 3. The van der Waals surface area contributed by atoms with Crippen molar-refractivity contribution in [3.8, 4) is 5.75 Å². The lowest BCUT2D eigenvalue weighted by molar-refractivity contribution is 0.0139. The molecular weight excluding hydrogens is 466 g/mol. The van der Waals surface area contributed by atoms with Crippen molar-refractivity contribution in [1.29, 1.82) is 0 Å². The molecule has 7 heteroatoms. The normalized spacial score (nSPS) is 23.9. The number of aromatic nitrogens is 1. The van der Waals surface area contributed by atoms with Gasteiger partial charge < -0.3 is 29.8 Å². The van der Waals surface area contributed by atoms with E-state index in [0.717, 1.165) is 79.6 Å². The van der Waals surface area contributed by atoms with Gasteiger partial charge in [-0.05, 0) is 94.3 Å². The third-order valence-electron chi connectivity index (χ3n) is 8.01. The number of nitrogens with one attached hydrogen (secondary N) is 2. The molecule has 1 aliphatic heterocycles. The minimum atomic E-state index is -0.518. The number of amides is 1. The van der Waals surface area contributed by atoms with Gasteiger partial charge in [0.2, 0.25) is 0 Å². The smallest absolute Gasteiger partial charge is 0.255 e. The first-order chi connectivity index (χ1) is 17.8. The molecule has 1 saturated heterocycles. The molecule has 1 atom stereocenters. The van der Waals surface area contributed by atoms with Crippen LogP contribution in [-0.2, 0) is 18.3 Å². The van der Waals surface area contributed by atoms with Crippen LogP contribution in [-0.4, -0.2) is 46.5 Å². The van der Waals surface area contributed by atoms with Crippen LogP contribution >= 0.6 is 0 Å². The van der Waals surface area contributed by atoms with E-state index in [0.29, 0.717) is 18.2 Å². The van der Waals surface area contributed by atoms with Gasteiger partial charge in [-0.3, -0.25) is 4.79 Å². The standard InChI is InChI=1S/C30H39N3O4/c1-20-27(32-29(34)21-6-9-25(10-7-21)37-19-26-5-4-16-36-26)11-8-22-17-24(33(3)28(20)22)18-31-23-12-14-30(2,35)15-13-23/h6-11,17,23,26,31,35H,4-5,12-16,18-19H2,1-3H3,(H,32,34)/t23?,26-,30?/m0/s1. The first-order valence-corrected chi connectivity index (χ1v) is 13.5. The maximum Gasteiger partial charge on any atom is 0.255 e.